The van der Waals surface area contributed by atoms with Crippen molar-refractivity contribution in [2.75, 3.05) is 76.5 Å². The lowest BCUT2D eigenvalue weighted by atomic mass is 9.85. The monoisotopic (exact) mass is 868 g/mol. The molecule has 2 aliphatic rings. The quantitative estimate of drug-likeness (QED) is 0.143. The lowest BCUT2D eigenvalue weighted by molar-refractivity contribution is -0.121. The summed E-state index contributed by atoms with van der Waals surface area (Å²) >= 11 is 0. The first-order valence-corrected chi connectivity index (χ1v) is 21.3. The number of aryl methyl sites for hydroxylation is 2. The third-order valence-electron chi connectivity index (χ3n) is 11.7. The van der Waals surface area contributed by atoms with E-state index in [9.17, 15) is 19.2 Å². The van der Waals surface area contributed by atoms with Crippen molar-refractivity contribution in [2.24, 2.45) is 0 Å². The summed E-state index contributed by atoms with van der Waals surface area (Å²) < 4.78 is 16.7. The number of benzene rings is 2. The van der Waals surface area contributed by atoms with Gasteiger partial charge in [-0.1, -0.05) is 50.2 Å². The minimum Gasteiger partial charge on any atom is -0.382 e. The van der Waals surface area contributed by atoms with Crippen molar-refractivity contribution < 1.29 is 19.1 Å². The predicted octanol–water partition coefficient (Wildman–Crippen LogP) is 3.19. The molecule has 2 amide bonds. The van der Waals surface area contributed by atoms with Crippen LogP contribution in [0.3, 0.4) is 0 Å². The summed E-state index contributed by atoms with van der Waals surface area (Å²) in [5.41, 5.74) is 0.734. The van der Waals surface area contributed by atoms with Crippen LogP contribution in [0, 0.1) is 0 Å². The Labute approximate surface area is 364 Å². The van der Waals surface area contributed by atoms with Crippen molar-refractivity contribution in [3.8, 4) is 0 Å². The molecule has 2 aromatic heterocycles. The Morgan fingerprint density at radius 3 is 1.16 bits per heavy atom. The average molecular weight is 870 g/mol. The first-order chi connectivity index (χ1) is 29.1. The number of anilines is 2. The molecule has 6 rings (SSSR count). The number of hydrogen-bond acceptors (Lipinski definition) is 12. The number of methoxy groups -OCH3 is 2. The SMILES string of the molecule is CCC(=O)N(c1ccccc1)C1(COC)CCN(CCn2nnn(CC)c2=O)CC1.CCC(=O)N(c1ccccc1)C1(COC)CCN(CCn2nnn(CC)c2=O)CC1.Cl. The van der Waals surface area contributed by atoms with Crippen molar-refractivity contribution >= 4 is 35.6 Å². The van der Waals surface area contributed by atoms with Crippen LogP contribution in [0.2, 0.25) is 0 Å². The molecule has 19 heteroatoms. The highest BCUT2D eigenvalue weighted by Crippen LogP contribution is 2.36. The molecular formula is C42H65ClN12O6. The Morgan fingerprint density at radius 1 is 0.557 bits per heavy atom. The zero-order valence-corrected chi connectivity index (χ0v) is 37.5. The van der Waals surface area contributed by atoms with E-state index in [0.29, 0.717) is 52.2 Å². The van der Waals surface area contributed by atoms with E-state index in [-0.39, 0.29) is 46.7 Å². The summed E-state index contributed by atoms with van der Waals surface area (Å²) in [5, 5.41) is 15.6. The van der Waals surface area contributed by atoms with Gasteiger partial charge in [-0.15, -0.1) is 12.4 Å². The van der Waals surface area contributed by atoms with Gasteiger partial charge in [-0.25, -0.2) is 9.59 Å². The number of hydrogen-bond donors (Lipinski definition) is 0. The minimum absolute atomic E-state index is 0. The molecule has 0 N–H and O–H groups in total. The van der Waals surface area contributed by atoms with Gasteiger partial charge in [0.05, 0.1) is 37.4 Å². The highest BCUT2D eigenvalue weighted by Gasteiger charge is 2.44. The second-order valence-electron chi connectivity index (χ2n) is 15.4. The number of carbonyl (C=O) groups excluding carboxylic acids is 2. The number of piperidine rings is 2. The number of amides is 2. The van der Waals surface area contributed by atoms with Gasteiger partial charge in [-0.05, 0) is 84.6 Å². The molecule has 18 nitrogen and oxygen atoms in total. The van der Waals surface area contributed by atoms with Crippen LogP contribution >= 0.6 is 12.4 Å². The Bertz CT molecular complexity index is 1890. The van der Waals surface area contributed by atoms with Crippen LogP contribution in [0.15, 0.2) is 70.3 Å². The Morgan fingerprint density at radius 2 is 0.885 bits per heavy atom. The number of rotatable bonds is 18. The van der Waals surface area contributed by atoms with Crippen molar-refractivity contribution in [3.63, 3.8) is 0 Å². The molecule has 4 heterocycles. The average Bonchev–Trinajstić information content (AvgIpc) is 3.83. The minimum atomic E-state index is -0.373. The summed E-state index contributed by atoms with van der Waals surface area (Å²) in [6.07, 6.45) is 4.10. The molecule has 2 aromatic carbocycles. The fraction of sp³-hybridized carbons (Fsp3) is 0.619. The molecule has 0 spiro atoms. The third-order valence-corrected chi connectivity index (χ3v) is 11.7. The first-order valence-electron chi connectivity index (χ1n) is 21.3. The number of halogens is 1. The van der Waals surface area contributed by atoms with Gasteiger partial charge in [0.15, 0.2) is 0 Å². The molecule has 0 saturated carbocycles. The molecule has 2 aliphatic heterocycles. The second-order valence-corrected chi connectivity index (χ2v) is 15.4. The van der Waals surface area contributed by atoms with Gasteiger partial charge in [0, 0.05) is 90.8 Å². The van der Waals surface area contributed by atoms with Crippen LogP contribution in [-0.4, -0.2) is 139 Å². The fourth-order valence-electron chi connectivity index (χ4n) is 8.39. The van der Waals surface area contributed by atoms with Crippen LogP contribution in [0.25, 0.3) is 0 Å². The van der Waals surface area contributed by atoms with Gasteiger partial charge < -0.3 is 29.1 Å². The predicted molar refractivity (Wildman–Crippen MR) is 236 cm³/mol. The van der Waals surface area contributed by atoms with Crippen LogP contribution in [0.5, 0.6) is 0 Å². The zero-order chi connectivity index (χ0) is 43.1. The molecule has 2 fully saturated rings. The maximum atomic E-state index is 13.0. The molecule has 0 aliphatic carbocycles. The van der Waals surface area contributed by atoms with Gasteiger partial charge >= 0.3 is 11.4 Å². The molecule has 61 heavy (non-hydrogen) atoms. The summed E-state index contributed by atoms with van der Waals surface area (Å²) in [7, 11) is 3.38. The number of para-hydroxylation sites is 2. The zero-order valence-electron chi connectivity index (χ0n) is 36.7. The van der Waals surface area contributed by atoms with Crippen LogP contribution < -0.4 is 21.2 Å². The van der Waals surface area contributed by atoms with E-state index in [1.165, 1.54) is 18.7 Å². The molecule has 336 valence electrons. The van der Waals surface area contributed by atoms with Gasteiger partial charge in [0.25, 0.3) is 0 Å². The van der Waals surface area contributed by atoms with Crippen molar-refractivity contribution in [1.82, 2.24) is 49.4 Å². The molecule has 0 bridgehead atoms. The van der Waals surface area contributed by atoms with Gasteiger partial charge in [0.1, 0.15) is 0 Å². The summed E-state index contributed by atoms with van der Waals surface area (Å²) in [4.78, 5) is 58.7. The molecule has 0 radical (unpaired) electrons. The molecule has 0 atom stereocenters. The van der Waals surface area contributed by atoms with E-state index in [2.05, 4.69) is 30.7 Å². The molecule has 0 unspecified atom stereocenters. The second kappa shape index (κ2) is 23.5. The highest BCUT2D eigenvalue weighted by molar-refractivity contribution is 5.95. The van der Waals surface area contributed by atoms with E-state index in [1.54, 1.807) is 14.2 Å². The van der Waals surface area contributed by atoms with E-state index in [0.717, 1.165) is 76.3 Å². The van der Waals surface area contributed by atoms with Crippen LogP contribution in [0.1, 0.15) is 66.2 Å². The number of ether oxygens (including phenoxy) is 2. The van der Waals surface area contributed by atoms with Crippen molar-refractivity contribution in [3.05, 3.63) is 81.6 Å². The highest BCUT2D eigenvalue weighted by atomic mass is 35.5. The molecular weight excluding hydrogens is 804 g/mol. The normalized spacial score (nSPS) is 16.2. The number of tetrazole rings is 2. The number of likely N-dealkylation sites (tertiary alicyclic amines) is 2. The number of aromatic nitrogens is 8. The summed E-state index contributed by atoms with van der Waals surface area (Å²) in [6, 6.07) is 19.7. The first kappa shape index (κ1) is 48.9. The maximum Gasteiger partial charge on any atom is 0.363 e. The van der Waals surface area contributed by atoms with Crippen molar-refractivity contribution in [2.45, 2.75) is 103 Å². The third kappa shape index (κ3) is 11.8. The van der Waals surface area contributed by atoms with Gasteiger partial charge in [0.2, 0.25) is 11.8 Å². The maximum absolute atomic E-state index is 13.0. The smallest absolute Gasteiger partial charge is 0.363 e. The van der Waals surface area contributed by atoms with E-state index in [4.69, 9.17) is 9.47 Å². The van der Waals surface area contributed by atoms with Crippen molar-refractivity contribution in [1.29, 1.82) is 0 Å². The standard InChI is InChI=1S/2C21H32N6O3.ClH/c2*1-4-19(28)27(18-9-7-6-8-10-18)21(17-30-3)11-13-24(14-12-21)15-16-26-20(29)25(5-2)22-23-26;/h2*6-10H,4-5,11-17H2,1-3H3;1H. The lowest BCUT2D eigenvalue weighted by Gasteiger charge is -2.48. The summed E-state index contributed by atoms with van der Waals surface area (Å²) in [6.45, 7) is 15.3. The fourth-order valence-corrected chi connectivity index (χ4v) is 8.39. The number of nitrogens with zero attached hydrogens (tertiary/aromatic N) is 12. The molecule has 2 saturated heterocycles. The van der Waals surface area contributed by atoms with E-state index < -0.39 is 0 Å². The Hall–Kier alpha value is -4.75. The van der Waals surface area contributed by atoms with E-state index >= 15 is 0 Å². The lowest BCUT2D eigenvalue weighted by Crippen LogP contribution is -2.60. The molecule has 4 aromatic rings. The van der Waals surface area contributed by atoms with E-state index in [1.807, 2.05) is 98.2 Å². The van der Waals surface area contributed by atoms with Gasteiger partial charge in [-0.2, -0.15) is 18.7 Å². The summed E-state index contributed by atoms with van der Waals surface area (Å²) in [5.74, 6) is 0.212. The Balaban J connectivity index is 0.000000264. The van der Waals surface area contributed by atoms with Crippen LogP contribution in [-0.2, 0) is 45.2 Å². The van der Waals surface area contributed by atoms with Crippen LogP contribution in [0.4, 0.5) is 11.4 Å². The Kier molecular flexibility index (Phi) is 18.8. The topological polar surface area (TPSA) is 171 Å². The van der Waals surface area contributed by atoms with Gasteiger partial charge in [-0.3, -0.25) is 9.59 Å². The largest absolute Gasteiger partial charge is 0.382 e. The number of carbonyl (C=O) groups is 2.